The van der Waals surface area contributed by atoms with Gasteiger partial charge in [0.2, 0.25) is 5.91 Å². The van der Waals surface area contributed by atoms with Crippen molar-refractivity contribution in [3.63, 3.8) is 0 Å². The molecule has 0 radical (unpaired) electrons. The third kappa shape index (κ3) is 3.05. The number of hydrogen-bond acceptors (Lipinski definition) is 3. The third-order valence-electron chi connectivity index (χ3n) is 3.47. The average molecular weight is 272 g/mol. The number of amides is 1. The topological polar surface area (TPSA) is 72.9 Å². The monoisotopic (exact) mass is 272 g/mol. The number of carbonyl (C=O) groups is 1. The van der Waals surface area contributed by atoms with E-state index in [1.54, 1.807) is 10.9 Å². The number of nitrogens with two attached hydrogens (primary N) is 1. The van der Waals surface area contributed by atoms with Crippen molar-refractivity contribution in [1.82, 2.24) is 9.78 Å². The Labute approximate surface area is 118 Å². The van der Waals surface area contributed by atoms with Crippen molar-refractivity contribution in [2.24, 2.45) is 11.7 Å². The summed E-state index contributed by atoms with van der Waals surface area (Å²) in [6.45, 7) is 4.00. The van der Waals surface area contributed by atoms with E-state index in [-0.39, 0.29) is 11.8 Å². The Morgan fingerprint density at radius 2 is 2.15 bits per heavy atom. The maximum atomic E-state index is 12.2. The van der Waals surface area contributed by atoms with Gasteiger partial charge in [0.15, 0.2) is 0 Å². The van der Waals surface area contributed by atoms with E-state index in [1.165, 1.54) is 0 Å². The van der Waals surface area contributed by atoms with E-state index in [1.807, 2.05) is 50.4 Å². The summed E-state index contributed by atoms with van der Waals surface area (Å²) in [5, 5.41) is 7.07. The van der Waals surface area contributed by atoms with Crippen LogP contribution in [0.25, 0.3) is 5.69 Å². The Morgan fingerprint density at radius 1 is 1.40 bits per heavy atom. The standard InChI is InChI=1S/C15H20N4O/c1-3-11(2)14(16)15(20)18-12-7-4-5-8-13(12)19-10-6-9-17-19/h4-11,14H,3,16H2,1-2H3,(H,18,20)/t11-,14-/m0/s1. The highest BCUT2D eigenvalue weighted by Crippen LogP contribution is 2.19. The van der Waals surface area contributed by atoms with Crippen molar-refractivity contribution in [3.8, 4) is 5.69 Å². The van der Waals surface area contributed by atoms with Gasteiger partial charge in [-0.05, 0) is 24.1 Å². The molecule has 5 nitrogen and oxygen atoms in total. The fourth-order valence-corrected chi connectivity index (χ4v) is 1.92. The van der Waals surface area contributed by atoms with Gasteiger partial charge in [-0.3, -0.25) is 4.79 Å². The number of para-hydroxylation sites is 2. The Bertz CT molecular complexity index is 565. The number of hydrogen-bond donors (Lipinski definition) is 2. The van der Waals surface area contributed by atoms with Gasteiger partial charge in [-0.1, -0.05) is 32.4 Å². The van der Waals surface area contributed by atoms with Crippen LogP contribution in [0.15, 0.2) is 42.7 Å². The summed E-state index contributed by atoms with van der Waals surface area (Å²) in [4.78, 5) is 12.2. The van der Waals surface area contributed by atoms with Gasteiger partial charge in [0, 0.05) is 12.4 Å². The van der Waals surface area contributed by atoms with Gasteiger partial charge in [0.25, 0.3) is 0 Å². The van der Waals surface area contributed by atoms with E-state index in [9.17, 15) is 4.79 Å². The Morgan fingerprint density at radius 3 is 2.80 bits per heavy atom. The molecule has 0 aliphatic rings. The van der Waals surface area contributed by atoms with Crippen LogP contribution >= 0.6 is 0 Å². The van der Waals surface area contributed by atoms with Crippen molar-refractivity contribution >= 4 is 11.6 Å². The van der Waals surface area contributed by atoms with Crippen LogP contribution in [0, 0.1) is 5.92 Å². The number of rotatable bonds is 5. The predicted octanol–water partition coefficient (Wildman–Crippen LogP) is 2.18. The molecule has 1 aromatic heterocycles. The van der Waals surface area contributed by atoms with Gasteiger partial charge >= 0.3 is 0 Å². The largest absolute Gasteiger partial charge is 0.323 e. The second-order valence-corrected chi connectivity index (χ2v) is 4.87. The van der Waals surface area contributed by atoms with Crippen molar-refractivity contribution < 1.29 is 4.79 Å². The molecule has 106 valence electrons. The van der Waals surface area contributed by atoms with Crippen LogP contribution < -0.4 is 11.1 Å². The molecule has 0 saturated carbocycles. The molecule has 3 N–H and O–H groups in total. The average Bonchev–Trinajstić information content (AvgIpc) is 3.00. The maximum absolute atomic E-state index is 12.2. The lowest BCUT2D eigenvalue weighted by Crippen LogP contribution is -2.40. The molecule has 0 bridgehead atoms. The zero-order chi connectivity index (χ0) is 14.5. The van der Waals surface area contributed by atoms with E-state index in [2.05, 4.69) is 10.4 Å². The smallest absolute Gasteiger partial charge is 0.241 e. The fourth-order valence-electron chi connectivity index (χ4n) is 1.92. The lowest BCUT2D eigenvalue weighted by atomic mass is 9.99. The van der Waals surface area contributed by atoms with Gasteiger partial charge in [0.1, 0.15) is 0 Å². The molecule has 1 heterocycles. The van der Waals surface area contributed by atoms with Crippen molar-refractivity contribution in [3.05, 3.63) is 42.7 Å². The molecule has 0 aliphatic heterocycles. The van der Waals surface area contributed by atoms with E-state index < -0.39 is 6.04 Å². The van der Waals surface area contributed by atoms with Crippen molar-refractivity contribution in [1.29, 1.82) is 0 Å². The van der Waals surface area contributed by atoms with Crippen LogP contribution in [-0.4, -0.2) is 21.7 Å². The highest BCUT2D eigenvalue weighted by molar-refractivity contribution is 5.96. The number of benzene rings is 1. The first-order valence-electron chi connectivity index (χ1n) is 6.79. The second-order valence-electron chi connectivity index (χ2n) is 4.87. The van der Waals surface area contributed by atoms with Crippen molar-refractivity contribution in [2.45, 2.75) is 26.3 Å². The molecule has 0 fully saturated rings. The van der Waals surface area contributed by atoms with Gasteiger partial charge in [-0.25, -0.2) is 4.68 Å². The number of aromatic nitrogens is 2. The van der Waals surface area contributed by atoms with Crippen LogP contribution in [0.2, 0.25) is 0 Å². The molecule has 1 amide bonds. The van der Waals surface area contributed by atoms with E-state index in [0.29, 0.717) is 5.69 Å². The second kappa shape index (κ2) is 6.34. The van der Waals surface area contributed by atoms with Crippen LogP contribution in [0.5, 0.6) is 0 Å². The van der Waals surface area contributed by atoms with Crippen LogP contribution in [-0.2, 0) is 4.79 Å². The van der Waals surface area contributed by atoms with Crippen molar-refractivity contribution in [2.75, 3.05) is 5.32 Å². The zero-order valence-electron chi connectivity index (χ0n) is 11.8. The van der Waals surface area contributed by atoms with Crippen LogP contribution in [0.3, 0.4) is 0 Å². The number of nitrogens with zero attached hydrogens (tertiary/aromatic N) is 2. The molecule has 5 heteroatoms. The lowest BCUT2D eigenvalue weighted by Gasteiger charge is -2.19. The molecule has 1 aromatic carbocycles. The maximum Gasteiger partial charge on any atom is 0.241 e. The molecule has 2 rings (SSSR count). The number of anilines is 1. The normalized spacial score (nSPS) is 13.8. The molecule has 2 atom stereocenters. The molecule has 20 heavy (non-hydrogen) atoms. The van der Waals surface area contributed by atoms with Crippen LogP contribution in [0.4, 0.5) is 5.69 Å². The summed E-state index contributed by atoms with van der Waals surface area (Å²) >= 11 is 0. The van der Waals surface area contributed by atoms with Gasteiger partial charge in [-0.2, -0.15) is 5.10 Å². The summed E-state index contributed by atoms with van der Waals surface area (Å²) in [7, 11) is 0. The minimum absolute atomic E-state index is 0.145. The first kappa shape index (κ1) is 14.3. The van der Waals surface area contributed by atoms with E-state index in [0.717, 1.165) is 12.1 Å². The summed E-state index contributed by atoms with van der Waals surface area (Å²) in [6, 6.07) is 8.85. The quantitative estimate of drug-likeness (QED) is 0.876. The zero-order valence-corrected chi connectivity index (χ0v) is 11.8. The van der Waals surface area contributed by atoms with E-state index >= 15 is 0 Å². The SMILES string of the molecule is CC[C@H](C)[C@H](N)C(=O)Nc1ccccc1-n1cccn1. The molecule has 0 saturated heterocycles. The lowest BCUT2D eigenvalue weighted by molar-refractivity contribution is -0.118. The fraction of sp³-hybridized carbons (Fsp3) is 0.333. The highest BCUT2D eigenvalue weighted by Gasteiger charge is 2.20. The summed E-state index contributed by atoms with van der Waals surface area (Å²) < 4.78 is 1.71. The number of carbonyl (C=O) groups excluding carboxylic acids is 1. The van der Waals surface area contributed by atoms with Gasteiger partial charge < -0.3 is 11.1 Å². The van der Waals surface area contributed by atoms with E-state index in [4.69, 9.17) is 5.73 Å². The molecule has 2 aromatic rings. The first-order chi connectivity index (χ1) is 9.63. The molecular formula is C15H20N4O. The predicted molar refractivity (Wildman–Crippen MR) is 79.6 cm³/mol. The molecular weight excluding hydrogens is 252 g/mol. The summed E-state index contributed by atoms with van der Waals surface area (Å²) in [6.07, 6.45) is 4.40. The first-order valence-corrected chi connectivity index (χ1v) is 6.79. The Balaban J connectivity index is 2.20. The van der Waals surface area contributed by atoms with Gasteiger partial charge in [-0.15, -0.1) is 0 Å². The Hall–Kier alpha value is -2.14. The summed E-state index contributed by atoms with van der Waals surface area (Å²) in [5.41, 5.74) is 7.48. The Kier molecular flexibility index (Phi) is 4.53. The third-order valence-corrected chi connectivity index (χ3v) is 3.47. The van der Waals surface area contributed by atoms with Gasteiger partial charge in [0.05, 0.1) is 17.4 Å². The molecule has 0 aliphatic carbocycles. The molecule has 0 unspecified atom stereocenters. The highest BCUT2D eigenvalue weighted by atomic mass is 16.2. The minimum atomic E-state index is -0.509. The summed E-state index contributed by atoms with van der Waals surface area (Å²) in [5.74, 6) is -0.0224. The van der Waals surface area contributed by atoms with Crippen LogP contribution in [0.1, 0.15) is 20.3 Å². The molecule has 0 spiro atoms. The number of nitrogens with one attached hydrogen (secondary N) is 1. The minimum Gasteiger partial charge on any atom is -0.323 e.